The van der Waals surface area contributed by atoms with Crippen molar-refractivity contribution in [2.45, 2.75) is 48.5 Å². The van der Waals surface area contributed by atoms with Crippen LogP contribution in [0.25, 0.3) is 30.6 Å². The maximum Gasteiger partial charge on any atom is 0.339 e. The van der Waals surface area contributed by atoms with Crippen LogP contribution in [0.4, 0.5) is 15.4 Å². The number of phenolic OH excluding ortho intramolecular Hbond substituents is 1. The Kier molecular flexibility index (Phi) is 27.2. The third-order valence-corrected chi connectivity index (χ3v) is 16.7. The summed E-state index contributed by atoms with van der Waals surface area (Å²) in [5, 5.41) is 27.3. The van der Waals surface area contributed by atoms with Crippen LogP contribution in [0.15, 0.2) is 134 Å². The molecular formula is C64H59Cl6N7O9S3. The van der Waals surface area contributed by atoms with E-state index in [1.165, 1.54) is 72.5 Å². The number of anilines is 3. The first kappa shape index (κ1) is 71.9. The van der Waals surface area contributed by atoms with Gasteiger partial charge in [-0.2, -0.15) is 0 Å². The van der Waals surface area contributed by atoms with E-state index >= 15 is 0 Å². The van der Waals surface area contributed by atoms with Crippen molar-refractivity contribution >= 4 is 173 Å². The van der Waals surface area contributed by atoms with Gasteiger partial charge in [0.2, 0.25) is 0 Å². The Labute approximate surface area is 556 Å². The summed E-state index contributed by atoms with van der Waals surface area (Å²) in [7, 11) is 4.45. The van der Waals surface area contributed by atoms with E-state index in [2.05, 4.69) is 43.6 Å². The van der Waals surface area contributed by atoms with Crippen molar-refractivity contribution in [3.8, 4) is 23.0 Å². The number of nitrogen functional groups attached to an aromatic ring is 1. The summed E-state index contributed by atoms with van der Waals surface area (Å²) in [6.45, 7) is 13.2. The summed E-state index contributed by atoms with van der Waals surface area (Å²) < 4.78 is 18.6. The van der Waals surface area contributed by atoms with Crippen LogP contribution in [0, 0.1) is 48.5 Å². The summed E-state index contributed by atoms with van der Waals surface area (Å²) in [6.07, 6.45) is 3.50. The molecule has 7 aromatic carbocycles. The van der Waals surface area contributed by atoms with Gasteiger partial charge in [0.1, 0.15) is 28.6 Å². The molecule has 25 heteroatoms. The predicted octanol–water partition coefficient (Wildman–Crippen LogP) is 18.4. The highest BCUT2D eigenvalue weighted by molar-refractivity contribution is 7.23. The fraction of sp³-hybridized carbons (Fsp3) is 0.156. The number of nitrogens with two attached hydrogens (primary N) is 1. The molecule has 0 saturated carbocycles. The number of rotatable bonds is 9. The van der Waals surface area contributed by atoms with Crippen LogP contribution in [0.2, 0.25) is 20.1 Å². The fourth-order valence-electron chi connectivity index (χ4n) is 8.41. The van der Waals surface area contributed by atoms with Gasteiger partial charge in [-0.05, 0) is 178 Å². The standard InChI is InChI=1S/C17H15ClN2O2S.C16H13ClN2O2S.C9H8Cl2O2.C9H9ClO3.C8H8N2S.C5H5N.ClH/c1-9-5-4-6-13-15(9)23-17(19-13)20-16(21)12-8-11(18)7-10(2)14(12)22-3;1-8-4-3-5-12-14(8)22-16(18-12)19-15(21)11-7-10(17)6-9(2)13(11)20;2*1-5-3-6(10)4-7(9(11)12)8(5)13-2;1-5-3-2-4-6-7(5)11-8(9)10-6;1-2-4-6-5-3-1;/h4-8H,1-3H3,(H,19,20,21);3-7,20H,1-2H3,(H,18,19,21);3-4H,1-2H3;3-4H,1-2H3,(H,11,12);2-4H,1H3,(H2,9,10);1-5H;1H. The van der Waals surface area contributed by atoms with E-state index in [0.29, 0.717) is 75.0 Å². The first-order chi connectivity index (χ1) is 41.8. The lowest BCUT2D eigenvalue weighted by atomic mass is 10.1. The number of methoxy groups -OCH3 is 3. The number of aromatic carboxylic acids is 1. The monoisotopic (exact) mass is 1380 g/mol. The molecule has 0 aliphatic heterocycles. The molecule has 4 aromatic heterocycles. The van der Waals surface area contributed by atoms with Gasteiger partial charge in [0.15, 0.2) is 15.4 Å². The molecule has 11 rings (SSSR count). The third kappa shape index (κ3) is 19.6. The zero-order valence-electron chi connectivity index (χ0n) is 49.3. The molecular weight excluding hydrogens is 1320 g/mol. The molecule has 0 saturated heterocycles. The largest absolute Gasteiger partial charge is 0.507 e. The minimum atomic E-state index is -1.04. The normalized spacial score (nSPS) is 10.2. The molecule has 0 bridgehead atoms. The number of pyridine rings is 1. The first-order valence-electron chi connectivity index (χ1n) is 26.1. The Bertz CT molecular complexity index is 4220. The van der Waals surface area contributed by atoms with Crippen LogP contribution >= 0.6 is 104 Å². The molecule has 4 heterocycles. The van der Waals surface area contributed by atoms with Crippen molar-refractivity contribution in [1.29, 1.82) is 0 Å². The summed E-state index contributed by atoms with van der Waals surface area (Å²) in [6, 6.07) is 36.1. The SMILES string of the molecule is COc1c(C)cc(Cl)cc1C(=O)Cl.COc1c(C)cc(Cl)cc1C(=O)Nc1nc2cccc(C)c2s1.COc1c(C)cc(Cl)cc1C(=O)O.Cc1cc(Cl)cc(C(=O)Nc2nc3cccc(C)c3s2)c1O.Cc1cccc2nc(N)sc12.Cl.c1ccncc1. The molecule has 0 atom stereocenters. The number of carbonyl (C=O) groups is 4. The number of hydrogen-bond acceptors (Lipinski definition) is 16. The predicted molar refractivity (Wildman–Crippen MR) is 368 cm³/mol. The summed E-state index contributed by atoms with van der Waals surface area (Å²) in [5.74, 6) is -0.476. The zero-order valence-corrected chi connectivity index (χ0v) is 56.4. The van der Waals surface area contributed by atoms with Crippen molar-refractivity contribution in [1.82, 2.24) is 19.9 Å². The minimum absolute atomic E-state index is 0. The number of amides is 2. The maximum atomic E-state index is 12.6. The topological polar surface area (TPSA) is 238 Å². The van der Waals surface area contributed by atoms with E-state index in [4.69, 9.17) is 83.1 Å². The molecule has 6 N–H and O–H groups in total. The summed E-state index contributed by atoms with van der Waals surface area (Å²) in [5.41, 5.74) is 15.6. The Balaban J connectivity index is 0.000000202. The van der Waals surface area contributed by atoms with Gasteiger partial charge in [-0.1, -0.05) is 123 Å². The number of benzene rings is 7. The van der Waals surface area contributed by atoms with Crippen molar-refractivity contribution in [2.75, 3.05) is 37.7 Å². The van der Waals surface area contributed by atoms with Crippen LogP contribution in [0.1, 0.15) is 80.4 Å². The van der Waals surface area contributed by atoms with Crippen LogP contribution in [-0.2, 0) is 0 Å². The number of carbonyl (C=O) groups excluding carboxylic acids is 3. The van der Waals surface area contributed by atoms with E-state index in [0.717, 1.165) is 48.2 Å². The molecule has 16 nitrogen and oxygen atoms in total. The highest BCUT2D eigenvalue weighted by Gasteiger charge is 2.20. The molecule has 0 unspecified atom stereocenters. The molecule has 89 heavy (non-hydrogen) atoms. The Morgan fingerprint density at radius 1 is 0.472 bits per heavy atom. The van der Waals surface area contributed by atoms with Crippen molar-refractivity contribution in [2.24, 2.45) is 0 Å². The Hall–Kier alpha value is -7.82. The number of halogens is 6. The number of nitrogens with one attached hydrogen (secondary N) is 2. The van der Waals surface area contributed by atoms with Gasteiger partial charge in [-0.3, -0.25) is 30.0 Å². The van der Waals surface area contributed by atoms with E-state index in [1.54, 1.807) is 74.8 Å². The number of fused-ring (bicyclic) bond motifs is 3. The van der Waals surface area contributed by atoms with E-state index in [1.807, 2.05) is 87.5 Å². The smallest absolute Gasteiger partial charge is 0.339 e. The number of ether oxygens (including phenoxy) is 3. The number of aromatic hydroxyl groups is 1. The van der Waals surface area contributed by atoms with E-state index in [9.17, 15) is 24.3 Å². The van der Waals surface area contributed by atoms with Gasteiger partial charge in [0.25, 0.3) is 17.1 Å². The molecule has 464 valence electrons. The molecule has 2 amide bonds. The van der Waals surface area contributed by atoms with E-state index < -0.39 is 17.1 Å². The van der Waals surface area contributed by atoms with Crippen molar-refractivity contribution in [3.63, 3.8) is 0 Å². The number of carboxylic acid groups (broad SMARTS) is 1. The second kappa shape index (κ2) is 33.7. The highest BCUT2D eigenvalue weighted by atomic mass is 35.5. The zero-order chi connectivity index (χ0) is 64.5. The average molecular weight is 1380 g/mol. The Morgan fingerprint density at radius 3 is 1.20 bits per heavy atom. The summed E-state index contributed by atoms with van der Waals surface area (Å²) >= 11 is 33.2. The van der Waals surface area contributed by atoms with Crippen molar-refractivity contribution < 1.29 is 43.6 Å². The van der Waals surface area contributed by atoms with Crippen molar-refractivity contribution in [3.05, 3.63) is 215 Å². The van der Waals surface area contributed by atoms with Gasteiger partial charge < -0.3 is 30.2 Å². The number of thiazole rings is 3. The molecule has 0 aliphatic rings. The number of carboxylic acids is 1. The number of hydrogen-bond donors (Lipinski definition) is 5. The third-order valence-electron chi connectivity index (χ3n) is 12.4. The molecule has 0 radical (unpaired) electrons. The molecule has 11 aromatic rings. The Morgan fingerprint density at radius 2 is 0.831 bits per heavy atom. The number of nitrogens with zero attached hydrogens (tertiary/aromatic N) is 4. The van der Waals surface area contributed by atoms with Gasteiger partial charge in [-0.25, -0.2) is 19.7 Å². The number of aryl methyl sites for hydroxylation is 7. The molecule has 0 fully saturated rings. The minimum Gasteiger partial charge on any atom is -0.507 e. The first-order valence-corrected chi connectivity index (χ1v) is 30.4. The second-order valence-corrected chi connectivity index (χ2v) is 24.0. The van der Waals surface area contributed by atoms with Crippen LogP contribution in [-0.4, -0.2) is 74.5 Å². The quantitative estimate of drug-likeness (QED) is 0.0845. The number of phenols is 1. The lowest BCUT2D eigenvalue weighted by Gasteiger charge is -2.11. The maximum absolute atomic E-state index is 12.6. The van der Waals surface area contributed by atoms with Crippen LogP contribution in [0.5, 0.6) is 23.0 Å². The number of aromatic nitrogens is 4. The highest BCUT2D eigenvalue weighted by Crippen LogP contribution is 2.35. The van der Waals surface area contributed by atoms with Gasteiger partial charge in [-0.15, -0.1) is 12.4 Å². The lowest BCUT2D eigenvalue weighted by Crippen LogP contribution is -2.13. The molecule has 0 spiro atoms. The van der Waals surface area contributed by atoms with Gasteiger partial charge >= 0.3 is 5.97 Å². The average Bonchev–Trinajstić information content (AvgIpc) is 2.17. The van der Waals surface area contributed by atoms with Gasteiger partial charge in [0, 0.05) is 32.5 Å². The van der Waals surface area contributed by atoms with E-state index in [-0.39, 0.29) is 35.2 Å². The second-order valence-electron chi connectivity index (χ2n) is 18.9. The lowest BCUT2D eigenvalue weighted by molar-refractivity contribution is 0.0692. The van der Waals surface area contributed by atoms with Crippen LogP contribution in [0.3, 0.4) is 0 Å². The van der Waals surface area contributed by atoms with Crippen LogP contribution < -0.4 is 30.6 Å². The molecule has 0 aliphatic carbocycles. The fourth-order valence-corrected chi connectivity index (χ4v) is 12.3. The summed E-state index contributed by atoms with van der Waals surface area (Å²) in [4.78, 5) is 63.4. The van der Waals surface area contributed by atoms with Gasteiger partial charge in [0.05, 0.1) is 68.7 Å².